The van der Waals surface area contributed by atoms with Crippen LogP contribution in [0.5, 0.6) is 0 Å². The van der Waals surface area contributed by atoms with Gasteiger partial charge in [-0.1, -0.05) is 18.2 Å². The van der Waals surface area contributed by atoms with Crippen molar-refractivity contribution in [2.45, 2.75) is 0 Å². The highest BCUT2D eigenvalue weighted by atomic mass is 15.3. The molecule has 0 bridgehead atoms. The molecule has 0 saturated carbocycles. The summed E-state index contributed by atoms with van der Waals surface area (Å²) in [6.45, 7) is 3.91. The second kappa shape index (κ2) is 5.04. The molecular weight excluding hydrogens is 224 g/mol. The van der Waals surface area contributed by atoms with Crippen LogP contribution < -0.4 is 9.80 Å². The van der Waals surface area contributed by atoms with Gasteiger partial charge in [-0.3, -0.25) is 0 Å². The SMILES string of the molecule is [c]1ccnc(N2CCN(c3ccccc3)CC2)n1. The first-order chi connectivity index (χ1) is 8.93. The molecule has 1 aliphatic heterocycles. The van der Waals surface area contributed by atoms with Crippen LogP contribution in [-0.2, 0) is 0 Å². The van der Waals surface area contributed by atoms with Gasteiger partial charge >= 0.3 is 0 Å². The van der Waals surface area contributed by atoms with Crippen LogP contribution in [0.4, 0.5) is 11.6 Å². The normalized spacial score (nSPS) is 15.8. The van der Waals surface area contributed by atoms with Crippen molar-refractivity contribution in [1.82, 2.24) is 9.97 Å². The molecule has 1 saturated heterocycles. The minimum Gasteiger partial charge on any atom is -0.368 e. The third-order valence-corrected chi connectivity index (χ3v) is 3.19. The Balaban J connectivity index is 1.65. The quantitative estimate of drug-likeness (QED) is 0.797. The predicted molar refractivity (Wildman–Crippen MR) is 71.7 cm³/mol. The first-order valence-corrected chi connectivity index (χ1v) is 6.17. The van der Waals surface area contributed by atoms with Gasteiger partial charge in [0.25, 0.3) is 0 Å². The predicted octanol–water partition coefficient (Wildman–Crippen LogP) is 1.60. The van der Waals surface area contributed by atoms with Crippen LogP contribution in [0.25, 0.3) is 0 Å². The van der Waals surface area contributed by atoms with Gasteiger partial charge in [0, 0.05) is 38.1 Å². The fourth-order valence-electron chi connectivity index (χ4n) is 2.22. The van der Waals surface area contributed by atoms with E-state index in [1.807, 2.05) is 6.07 Å². The number of nitrogens with zero attached hydrogens (tertiary/aromatic N) is 4. The number of benzene rings is 1. The number of para-hydroxylation sites is 1. The third kappa shape index (κ3) is 2.27. The zero-order chi connectivity index (χ0) is 12.2. The van der Waals surface area contributed by atoms with E-state index in [1.54, 1.807) is 12.3 Å². The summed E-state index contributed by atoms with van der Waals surface area (Å²) in [6, 6.07) is 12.2. The highest BCUT2D eigenvalue weighted by molar-refractivity contribution is 5.48. The molecule has 0 atom stereocenters. The summed E-state index contributed by atoms with van der Waals surface area (Å²) in [7, 11) is 0. The van der Waals surface area contributed by atoms with Crippen molar-refractivity contribution in [2.24, 2.45) is 0 Å². The molecule has 2 heterocycles. The van der Waals surface area contributed by atoms with Crippen molar-refractivity contribution in [3.63, 3.8) is 0 Å². The molecule has 0 aliphatic carbocycles. The maximum Gasteiger partial charge on any atom is 0.226 e. The molecule has 2 aromatic rings. The highest BCUT2D eigenvalue weighted by Crippen LogP contribution is 2.17. The molecule has 91 valence electrons. The van der Waals surface area contributed by atoms with Gasteiger partial charge in [-0.2, -0.15) is 0 Å². The summed E-state index contributed by atoms with van der Waals surface area (Å²) in [4.78, 5) is 13.0. The standard InChI is InChI=1S/C14H15N4/c1-2-5-13(6-3-1)17-9-11-18(12-10-17)14-15-7-4-8-16-14/h1-7H,9-12H2. The first kappa shape index (κ1) is 11.0. The number of rotatable bonds is 2. The maximum absolute atomic E-state index is 4.27. The summed E-state index contributed by atoms with van der Waals surface area (Å²) in [5, 5.41) is 0. The average Bonchev–Trinajstić information content (AvgIpc) is 2.49. The lowest BCUT2D eigenvalue weighted by Gasteiger charge is -2.36. The highest BCUT2D eigenvalue weighted by Gasteiger charge is 2.18. The lowest BCUT2D eigenvalue weighted by atomic mass is 10.2. The Hall–Kier alpha value is -2.10. The lowest BCUT2D eigenvalue weighted by Crippen LogP contribution is -2.47. The van der Waals surface area contributed by atoms with Crippen LogP contribution >= 0.6 is 0 Å². The van der Waals surface area contributed by atoms with E-state index in [-0.39, 0.29) is 0 Å². The Bertz CT molecular complexity index is 430. The van der Waals surface area contributed by atoms with Crippen molar-refractivity contribution < 1.29 is 0 Å². The molecule has 4 nitrogen and oxygen atoms in total. The minimum atomic E-state index is 0.783. The fraction of sp³-hybridized carbons (Fsp3) is 0.286. The molecular formula is C14H15N4. The summed E-state index contributed by atoms with van der Waals surface area (Å²) in [5.74, 6) is 0.783. The zero-order valence-electron chi connectivity index (χ0n) is 10.2. The van der Waals surface area contributed by atoms with Crippen molar-refractivity contribution in [3.8, 4) is 0 Å². The Morgan fingerprint density at radius 2 is 1.67 bits per heavy atom. The molecule has 18 heavy (non-hydrogen) atoms. The topological polar surface area (TPSA) is 32.3 Å². The Morgan fingerprint density at radius 3 is 2.33 bits per heavy atom. The van der Waals surface area contributed by atoms with E-state index in [4.69, 9.17) is 0 Å². The maximum atomic E-state index is 4.27. The molecule has 1 aromatic heterocycles. The molecule has 1 fully saturated rings. The average molecular weight is 239 g/mol. The van der Waals surface area contributed by atoms with Crippen molar-refractivity contribution in [3.05, 3.63) is 48.8 Å². The van der Waals surface area contributed by atoms with E-state index in [9.17, 15) is 0 Å². The van der Waals surface area contributed by atoms with Gasteiger partial charge in [-0.05, 0) is 18.2 Å². The van der Waals surface area contributed by atoms with E-state index in [2.05, 4.69) is 50.2 Å². The van der Waals surface area contributed by atoms with Crippen LogP contribution in [0.3, 0.4) is 0 Å². The van der Waals surface area contributed by atoms with Gasteiger partial charge in [0.15, 0.2) is 0 Å². The second-order valence-electron chi connectivity index (χ2n) is 4.30. The summed E-state index contributed by atoms with van der Waals surface area (Å²) in [6.07, 6.45) is 4.58. The molecule has 1 radical (unpaired) electrons. The molecule has 1 aromatic carbocycles. The molecule has 3 rings (SSSR count). The van der Waals surface area contributed by atoms with Crippen molar-refractivity contribution in [2.75, 3.05) is 36.0 Å². The number of piperazine rings is 1. The number of hydrogen-bond donors (Lipinski definition) is 0. The summed E-state index contributed by atoms with van der Waals surface area (Å²) < 4.78 is 0. The van der Waals surface area contributed by atoms with E-state index in [0.29, 0.717) is 0 Å². The molecule has 4 heteroatoms. The minimum absolute atomic E-state index is 0.783. The molecule has 0 unspecified atom stereocenters. The number of anilines is 2. The van der Waals surface area contributed by atoms with Crippen LogP contribution in [0.15, 0.2) is 42.6 Å². The van der Waals surface area contributed by atoms with E-state index < -0.39 is 0 Å². The lowest BCUT2D eigenvalue weighted by molar-refractivity contribution is 0.640. The Labute approximate surface area is 107 Å². The molecule has 0 spiro atoms. The van der Waals surface area contributed by atoms with E-state index in [0.717, 1.165) is 32.1 Å². The molecule has 1 aliphatic rings. The van der Waals surface area contributed by atoms with Gasteiger partial charge in [0.1, 0.15) is 0 Å². The Morgan fingerprint density at radius 1 is 0.944 bits per heavy atom. The first-order valence-electron chi connectivity index (χ1n) is 6.17. The van der Waals surface area contributed by atoms with Gasteiger partial charge in [0.2, 0.25) is 5.95 Å². The van der Waals surface area contributed by atoms with E-state index >= 15 is 0 Å². The molecule has 0 amide bonds. The van der Waals surface area contributed by atoms with Crippen molar-refractivity contribution in [1.29, 1.82) is 0 Å². The zero-order valence-corrected chi connectivity index (χ0v) is 10.2. The fourth-order valence-corrected chi connectivity index (χ4v) is 2.22. The summed E-state index contributed by atoms with van der Waals surface area (Å²) in [5.41, 5.74) is 1.29. The van der Waals surface area contributed by atoms with Crippen LogP contribution in [0.1, 0.15) is 0 Å². The van der Waals surface area contributed by atoms with Gasteiger partial charge in [-0.25, -0.2) is 9.97 Å². The third-order valence-electron chi connectivity index (χ3n) is 3.19. The second-order valence-corrected chi connectivity index (χ2v) is 4.30. The van der Waals surface area contributed by atoms with Gasteiger partial charge in [0.05, 0.1) is 6.20 Å². The largest absolute Gasteiger partial charge is 0.368 e. The smallest absolute Gasteiger partial charge is 0.226 e. The van der Waals surface area contributed by atoms with Crippen LogP contribution in [0, 0.1) is 6.20 Å². The van der Waals surface area contributed by atoms with Crippen LogP contribution in [0.2, 0.25) is 0 Å². The van der Waals surface area contributed by atoms with Crippen molar-refractivity contribution >= 4 is 11.6 Å². The number of aromatic nitrogens is 2. The Kier molecular flexibility index (Phi) is 3.08. The summed E-state index contributed by atoms with van der Waals surface area (Å²) >= 11 is 0. The number of hydrogen-bond acceptors (Lipinski definition) is 4. The van der Waals surface area contributed by atoms with Crippen LogP contribution in [-0.4, -0.2) is 36.1 Å². The van der Waals surface area contributed by atoms with Gasteiger partial charge in [-0.15, -0.1) is 0 Å². The van der Waals surface area contributed by atoms with Gasteiger partial charge < -0.3 is 9.80 Å². The monoisotopic (exact) mass is 239 g/mol. The molecule has 0 N–H and O–H groups in total. The van der Waals surface area contributed by atoms with E-state index in [1.165, 1.54) is 5.69 Å².